The first-order valence-electron chi connectivity index (χ1n) is 7.67. The van der Waals surface area contributed by atoms with Gasteiger partial charge in [-0.3, -0.25) is 9.69 Å². The number of amides is 1. The van der Waals surface area contributed by atoms with E-state index in [4.69, 9.17) is 9.47 Å². The van der Waals surface area contributed by atoms with E-state index in [-0.39, 0.29) is 11.2 Å². The Labute approximate surface area is 124 Å². The Morgan fingerprint density at radius 2 is 2.20 bits per heavy atom. The minimum atomic E-state index is -0.140. The van der Waals surface area contributed by atoms with Crippen LogP contribution in [0, 0.1) is 0 Å². The molecule has 3 aliphatic rings. The lowest BCUT2D eigenvalue weighted by Gasteiger charge is -2.34. The monoisotopic (exact) mass is 301 g/mol. The Balaban J connectivity index is 1.60. The van der Waals surface area contributed by atoms with Gasteiger partial charge in [0.25, 0.3) is 0 Å². The van der Waals surface area contributed by atoms with E-state index in [1.165, 1.54) is 37.3 Å². The van der Waals surface area contributed by atoms with Crippen molar-refractivity contribution in [3.8, 4) is 0 Å². The normalized spacial score (nSPS) is 38.5. The van der Waals surface area contributed by atoms with Crippen LogP contribution in [0.1, 0.15) is 32.6 Å². The van der Waals surface area contributed by atoms with E-state index in [0.29, 0.717) is 5.25 Å². The summed E-state index contributed by atoms with van der Waals surface area (Å²) < 4.78 is 11.8. The van der Waals surface area contributed by atoms with Gasteiger partial charge < -0.3 is 14.4 Å². The predicted octanol–water partition coefficient (Wildman–Crippen LogP) is 0.0657. The van der Waals surface area contributed by atoms with Gasteiger partial charge in [-0.1, -0.05) is 11.8 Å². The molecule has 0 aliphatic carbocycles. The van der Waals surface area contributed by atoms with Crippen LogP contribution in [0.15, 0.2) is 0 Å². The molecular weight excluding hydrogens is 276 g/mol. The van der Waals surface area contributed by atoms with Crippen LogP contribution < -0.4 is 4.90 Å². The fourth-order valence-electron chi connectivity index (χ4n) is 3.29. The molecule has 0 unspecified atom stereocenters. The molecule has 3 saturated heterocycles. The minimum absolute atomic E-state index is 0.133. The highest BCUT2D eigenvalue weighted by atomic mass is 32.2. The predicted molar refractivity (Wildman–Crippen MR) is 77.4 cm³/mol. The summed E-state index contributed by atoms with van der Waals surface area (Å²) in [5.41, 5.74) is -0.273. The molecule has 3 heterocycles. The number of carbonyl (C=O) groups is 1. The molecule has 0 radical (unpaired) electrons. The Hall–Kier alpha value is -0.300. The van der Waals surface area contributed by atoms with Gasteiger partial charge in [0.1, 0.15) is 0 Å². The smallest absolute Gasteiger partial charge is 0.216 e. The van der Waals surface area contributed by atoms with Crippen molar-refractivity contribution in [2.45, 2.75) is 49.0 Å². The molecule has 0 aromatic rings. The Morgan fingerprint density at radius 3 is 2.90 bits per heavy atom. The van der Waals surface area contributed by atoms with E-state index in [1.807, 2.05) is 4.90 Å². The van der Waals surface area contributed by atoms with Gasteiger partial charge in [-0.25, -0.2) is 0 Å². The molecule has 3 rings (SSSR count). The molecule has 5 nitrogen and oxygen atoms in total. The molecular formula is C14H25N2O3S+. The van der Waals surface area contributed by atoms with Crippen LogP contribution in [0.4, 0.5) is 0 Å². The van der Waals surface area contributed by atoms with E-state index in [2.05, 4.69) is 6.92 Å². The summed E-state index contributed by atoms with van der Waals surface area (Å²) >= 11 is 1.75. The summed E-state index contributed by atoms with van der Waals surface area (Å²) in [7, 11) is 0. The summed E-state index contributed by atoms with van der Waals surface area (Å²) in [6.07, 6.45) is 5.76. The van der Waals surface area contributed by atoms with Crippen molar-refractivity contribution in [1.29, 1.82) is 0 Å². The zero-order valence-electron chi connectivity index (χ0n) is 12.2. The van der Waals surface area contributed by atoms with E-state index < -0.39 is 0 Å². The van der Waals surface area contributed by atoms with Crippen molar-refractivity contribution >= 4 is 18.2 Å². The van der Waals surface area contributed by atoms with Crippen molar-refractivity contribution in [2.24, 2.45) is 0 Å². The number of hydrogen-bond donors (Lipinski definition) is 1. The van der Waals surface area contributed by atoms with Gasteiger partial charge in [-0.15, -0.1) is 0 Å². The maximum atomic E-state index is 11.5. The topological polar surface area (TPSA) is 43.2 Å². The van der Waals surface area contributed by atoms with Crippen LogP contribution in [0.5, 0.6) is 0 Å². The zero-order valence-corrected chi connectivity index (χ0v) is 13.0. The van der Waals surface area contributed by atoms with Crippen LogP contribution in [0.2, 0.25) is 0 Å². The summed E-state index contributed by atoms with van der Waals surface area (Å²) in [5, 5.41) is 0.347. The van der Waals surface area contributed by atoms with Gasteiger partial charge in [0, 0.05) is 13.0 Å². The number of quaternary nitrogens is 1. The van der Waals surface area contributed by atoms with Crippen molar-refractivity contribution in [3.05, 3.63) is 0 Å². The number of thioether (sulfide) groups is 1. The Morgan fingerprint density at radius 1 is 1.40 bits per heavy atom. The number of piperidine rings is 1. The van der Waals surface area contributed by atoms with Crippen LogP contribution in [-0.4, -0.2) is 60.7 Å². The first kappa shape index (κ1) is 14.6. The van der Waals surface area contributed by atoms with E-state index in [0.717, 1.165) is 32.7 Å². The quantitative estimate of drug-likeness (QED) is 0.746. The SMILES string of the molecule is C[C@]12CCOC[C@@H]1S[C@H](N(C=O)C[NH+]1CCCCC1)O2. The van der Waals surface area contributed by atoms with Crippen LogP contribution >= 0.6 is 11.8 Å². The number of rotatable bonds is 4. The van der Waals surface area contributed by atoms with Gasteiger partial charge >= 0.3 is 0 Å². The van der Waals surface area contributed by atoms with E-state index in [9.17, 15) is 4.79 Å². The Bertz CT molecular complexity index is 351. The third-order valence-electron chi connectivity index (χ3n) is 4.72. The van der Waals surface area contributed by atoms with Crippen LogP contribution in [0.3, 0.4) is 0 Å². The summed E-state index contributed by atoms with van der Waals surface area (Å²) in [6, 6.07) is 0. The lowest BCUT2D eigenvalue weighted by Crippen LogP contribution is -3.14. The molecule has 3 aliphatic heterocycles. The Kier molecular flexibility index (Phi) is 4.55. The number of ether oxygens (including phenoxy) is 2. The first-order chi connectivity index (χ1) is 9.71. The van der Waals surface area contributed by atoms with Crippen molar-refractivity contribution in [3.63, 3.8) is 0 Å². The summed E-state index contributed by atoms with van der Waals surface area (Å²) in [4.78, 5) is 14.8. The number of fused-ring (bicyclic) bond motifs is 1. The molecule has 3 atom stereocenters. The summed E-state index contributed by atoms with van der Waals surface area (Å²) in [5.74, 6) is 0. The van der Waals surface area contributed by atoms with Gasteiger partial charge in [0.2, 0.25) is 6.41 Å². The van der Waals surface area contributed by atoms with Crippen LogP contribution in [-0.2, 0) is 14.3 Å². The maximum absolute atomic E-state index is 11.5. The summed E-state index contributed by atoms with van der Waals surface area (Å²) in [6.45, 7) is 6.77. The maximum Gasteiger partial charge on any atom is 0.216 e. The highest BCUT2D eigenvalue weighted by Gasteiger charge is 2.49. The van der Waals surface area contributed by atoms with Crippen LogP contribution in [0.25, 0.3) is 0 Å². The molecule has 0 aromatic heterocycles. The molecule has 0 bridgehead atoms. The number of likely N-dealkylation sites (tertiary alicyclic amines) is 1. The molecule has 20 heavy (non-hydrogen) atoms. The minimum Gasteiger partial charge on any atom is -0.380 e. The molecule has 114 valence electrons. The standard InChI is InChI=1S/C14H24N2O3S/c1-14-5-8-18-9-12(14)20-13(19-14)16(11-17)10-15-6-3-2-4-7-15/h11-13H,2-10H2,1H3/p+1/t12-,13+,14-/m0/s1. The molecule has 6 heteroatoms. The highest BCUT2D eigenvalue weighted by Crippen LogP contribution is 2.45. The lowest BCUT2D eigenvalue weighted by molar-refractivity contribution is -0.914. The highest BCUT2D eigenvalue weighted by molar-refractivity contribution is 8.00. The fraction of sp³-hybridized carbons (Fsp3) is 0.929. The van der Waals surface area contributed by atoms with Crippen molar-refractivity contribution in [1.82, 2.24) is 4.90 Å². The molecule has 1 N–H and O–H groups in total. The molecule has 0 saturated carbocycles. The second-order valence-corrected chi connectivity index (χ2v) is 7.52. The zero-order chi connectivity index (χ0) is 14.0. The lowest BCUT2D eigenvalue weighted by atomic mass is 9.96. The number of nitrogens with zero attached hydrogens (tertiary/aromatic N) is 1. The van der Waals surface area contributed by atoms with E-state index >= 15 is 0 Å². The van der Waals surface area contributed by atoms with Crippen molar-refractivity contribution in [2.75, 3.05) is 33.0 Å². The fourth-order valence-corrected chi connectivity index (χ4v) is 4.77. The number of nitrogens with one attached hydrogen (secondary N) is 1. The molecule has 0 aromatic carbocycles. The first-order valence-corrected chi connectivity index (χ1v) is 8.61. The number of hydrogen-bond acceptors (Lipinski definition) is 4. The number of carbonyl (C=O) groups excluding carboxylic acids is 1. The third-order valence-corrected chi connectivity index (χ3v) is 6.28. The average molecular weight is 301 g/mol. The van der Waals surface area contributed by atoms with Crippen molar-refractivity contribution < 1.29 is 19.2 Å². The molecule has 0 spiro atoms. The average Bonchev–Trinajstić information content (AvgIpc) is 2.83. The van der Waals surface area contributed by atoms with Gasteiger partial charge in [-0.05, 0) is 26.2 Å². The van der Waals surface area contributed by atoms with E-state index in [1.54, 1.807) is 11.8 Å². The second-order valence-electron chi connectivity index (χ2n) is 6.28. The molecule has 1 amide bonds. The third kappa shape index (κ3) is 2.98. The van der Waals surface area contributed by atoms with Gasteiger partial charge in [0.05, 0.1) is 30.5 Å². The molecule has 3 fully saturated rings. The van der Waals surface area contributed by atoms with Gasteiger partial charge in [0.15, 0.2) is 12.2 Å². The second kappa shape index (κ2) is 6.22. The largest absolute Gasteiger partial charge is 0.380 e. The van der Waals surface area contributed by atoms with Gasteiger partial charge in [-0.2, -0.15) is 0 Å².